The second kappa shape index (κ2) is 4.56. The van der Waals surface area contributed by atoms with Crippen LogP contribution in [0.5, 0.6) is 5.75 Å². The van der Waals surface area contributed by atoms with E-state index in [1.165, 1.54) is 0 Å². The van der Waals surface area contributed by atoms with E-state index in [1.807, 2.05) is 0 Å². The first-order valence-corrected chi connectivity index (χ1v) is 4.18. The van der Waals surface area contributed by atoms with Gasteiger partial charge in [-0.1, -0.05) is 0 Å². The Labute approximate surface area is 91.4 Å². The minimum absolute atomic E-state index is 0.875. The van der Waals surface area contributed by atoms with Gasteiger partial charge in [-0.3, -0.25) is 0 Å². The van der Waals surface area contributed by atoms with Crippen molar-refractivity contribution in [3.8, 4) is 5.75 Å². The summed E-state index contributed by atoms with van der Waals surface area (Å²) in [6, 6.07) is 0. The highest BCUT2D eigenvalue weighted by Crippen LogP contribution is 2.29. The first-order chi connectivity index (χ1) is 7.77. The second-order valence-corrected chi connectivity index (χ2v) is 3.00. The summed E-state index contributed by atoms with van der Waals surface area (Å²) < 4.78 is 68.1. The third kappa shape index (κ3) is 2.29. The summed E-state index contributed by atoms with van der Waals surface area (Å²) in [5, 5.41) is 8.39. The van der Waals surface area contributed by atoms with Crippen LogP contribution in [0, 0.1) is 29.1 Å². The summed E-state index contributed by atoms with van der Waals surface area (Å²) in [6.45, 7) is 0.875. The molecular weight excluding hydrogens is 251 g/mol. The van der Waals surface area contributed by atoms with E-state index < -0.39 is 46.9 Å². The van der Waals surface area contributed by atoms with Crippen molar-refractivity contribution in [2.45, 2.75) is 13.0 Å². The molecule has 0 aliphatic heterocycles. The van der Waals surface area contributed by atoms with Crippen molar-refractivity contribution in [1.82, 2.24) is 0 Å². The summed E-state index contributed by atoms with van der Waals surface area (Å²) in [5.41, 5.74) is 0. The third-order valence-electron chi connectivity index (χ3n) is 1.81. The maximum absolute atomic E-state index is 13.0. The van der Waals surface area contributed by atoms with Crippen LogP contribution in [-0.4, -0.2) is 17.2 Å². The van der Waals surface area contributed by atoms with Crippen LogP contribution in [0.2, 0.25) is 0 Å². The molecule has 0 amide bonds. The molecule has 0 aromatic heterocycles. The fourth-order valence-electron chi connectivity index (χ4n) is 0.915. The minimum Gasteiger partial charge on any atom is -0.479 e. The van der Waals surface area contributed by atoms with Gasteiger partial charge in [0.1, 0.15) is 0 Å². The fraction of sp³-hybridized carbons (Fsp3) is 0.222. The van der Waals surface area contributed by atoms with Gasteiger partial charge in [0.25, 0.3) is 0 Å². The summed E-state index contributed by atoms with van der Waals surface area (Å²) in [5.74, 6) is -14.4. The number of hydrogen-bond donors (Lipinski definition) is 1. The Hall–Kier alpha value is -1.86. The topological polar surface area (TPSA) is 46.5 Å². The molecule has 1 N–H and O–H groups in total. The van der Waals surface area contributed by atoms with Gasteiger partial charge in [-0.2, -0.15) is 8.78 Å². The molecule has 1 atom stereocenters. The molecule has 0 aliphatic carbocycles. The Morgan fingerprint density at radius 1 is 1.00 bits per heavy atom. The molecule has 0 bridgehead atoms. The van der Waals surface area contributed by atoms with Crippen molar-refractivity contribution in [2.24, 2.45) is 0 Å². The number of halogens is 5. The van der Waals surface area contributed by atoms with Gasteiger partial charge in [-0.25, -0.2) is 18.0 Å². The highest BCUT2D eigenvalue weighted by atomic mass is 19.2. The lowest BCUT2D eigenvalue weighted by atomic mass is 10.2. The predicted octanol–water partition coefficient (Wildman–Crippen LogP) is 2.23. The smallest absolute Gasteiger partial charge is 0.344 e. The van der Waals surface area contributed by atoms with E-state index in [-0.39, 0.29) is 0 Å². The molecule has 0 fully saturated rings. The Morgan fingerprint density at radius 2 is 1.35 bits per heavy atom. The van der Waals surface area contributed by atoms with Crippen molar-refractivity contribution < 1.29 is 36.6 Å². The number of hydrogen-bond acceptors (Lipinski definition) is 2. The molecule has 0 saturated heterocycles. The normalized spacial score (nSPS) is 12.4. The van der Waals surface area contributed by atoms with Gasteiger partial charge in [-0.05, 0) is 6.92 Å². The van der Waals surface area contributed by atoms with Crippen LogP contribution in [-0.2, 0) is 4.79 Å². The number of carbonyl (C=O) groups is 1. The number of benzene rings is 1. The Morgan fingerprint density at radius 3 is 1.71 bits per heavy atom. The number of carboxylic acids is 1. The zero-order valence-corrected chi connectivity index (χ0v) is 8.23. The summed E-state index contributed by atoms with van der Waals surface area (Å²) in [4.78, 5) is 10.3. The SMILES string of the molecule is C[C@H](Oc1c(F)c(F)c(F)c(F)c1F)C(=O)O. The monoisotopic (exact) mass is 256 g/mol. The molecule has 1 rings (SSSR count). The summed E-state index contributed by atoms with van der Waals surface area (Å²) in [6.07, 6.45) is -1.76. The van der Waals surface area contributed by atoms with E-state index in [0.29, 0.717) is 0 Å². The van der Waals surface area contributed by atoms with Gasteiger partial charge in [0.05, 0.1) is 0 Å². The Balaban J connectivity index is 3.30. The zero-order chi connectivity index (χ0) is 13.3. The molecule has 0 unspecified atom stereocenters. The predicted molar refractivity (Wildman–Crippen MR) is 44.0 cm³/mol. The van der Waals surface area contributed by atoms with E-state index in [4.69, 9.17) is 5.11 Å². The molecule has 0 spiro atoms. The van der Waals surface area contributed by atoms with Gasteiger partial charge in [0, 0.05) is 0 Å². The quantitative estimate of drug-likeness (QED) is 0.512. The molecule has 0 heterocycles. The molecule has 1 aromatic carbocycles. The van der Waals surface area contributed by atoms with Gasteiger partial charge in [0.2, 0.25) is 29.1 Å². The highest BCUT2D eigenvalue weighted by molar-refractivity contribution is 5.72. The van der Waals surface area contributed by atoms with Crippen LogP contribution < -0.4 is 4.74 Å². The Kier molecular flexibility index (Phi) is 3.54. The van der Waals surface area contributed by atoms with E-state index in [2.05, 4.69) is 4.74 Å². The zero-order valence-electron chi connectivity index (χ0n) is 8.23. The average molecular weight is 256 g/mol. The number of carboxylic acid groups (broad SMARTS) is 1. The molecule has 1 aromatic rings. The first-order valence-electron chi connectivity index (χ1n) is 4.18. The number of ether oxygens (including phenoxy) is 1. The number of aliphatic carboxylic acids is 1. The number of rotatable bonds is 3. The first kappa shape index (κ1) is 13.2. The van der Waals surface area contributed by atoms with E-state index >= 15 is 0 Å². The maximum atomic E-state index is 13.0. The van der Waals surface area contributed by atoms with E-state index in [9.17, 15) is 26.7 Å². The molecule has 17 heavy (non-hydrogen) atoms. The van der Waals surface area contributed by atoms with Gasteiger partial charge in [0.15, 0.2) is 11.9 Å². The third-order valence-corrected chi connectivity index (χ3v) is 1.81. The van der Waals surface area contributed by atoms with Crippen molar-refractivity contribution in [3.05, 3.63) is 29.1 Å². The van der Waals surface area contributed by atoms with Crippen LogP contribution in [0.15, 0.2) is 0 Å². The second-order valence-electron chi connectivity index (χ2n) is 3.00. The van der Waals surface area contributed by atoms with Crippen molar-refractivity contribution >= 4 is 5.97 Å². The lowest BCUT2D eigenvalue weighted by Crippen LogP contribution is -2.24. The van der Waals surface area contributed by atoms with Crippen LogP contribution in [0.1, 0.15) is 6.92 Å². The minimum atomic E-state index is -2.34. The van der Waals surface area contributed by atoms with Gasteiger partial charge >= 0.3 is 5.97 Å². The average Bonchev–Trinajstić information content (AvgIpc) is 2.29. The van der Waals surface area contributed by atoms with Crippen LogP contribution >= 0.6 is 0 Å². The molecule has 0 aliphatic rings. The highest BCUT2D eigenvalue weighted by Gasteiger charge is 2.29. The van der Waals surface area contributed by atoms with Gasteiger partial charge in [-0.15, -0.1) is 0 Å². The molecule has 3 nitrogen and oxygen atoms in total. The molecule has 0 saturated carbocycles. The van der Waals surface area contributed by atoms with E-state index in [1.54, 1.807) is 0 Å². The van der Waals surface area contributed by atoms with Crippen LogP contribution in [0.25, 0.3) is 0 Å². The van der Waals surface area contributed by atoms with Gasteiger partial charge < -0.3 is 9.84 Å². The largest absolute Gasteiger partial charge is 0.479 e. The maximum Gasteiger partial charge on any atom is 0.344 e. The molecular formula is C9H5F5O3. The van der Waals surface area contributed by atoms with E-state index in [0.717, 1.165) is 6.92 Å². The van der Waals surface area contributed by atoms with Crippen molar-refractivity contribution in [1.29, 1.82) is 0 Å². The standard InChI is InChI=1S/C9H5F5O3/c1-2(9(15)16)17-8-6(13)4(11)3(10)5(12)7(8)14/h2H,1H3,(H,15,16)/t2-/m0/s1. The van der Waals surface area contributed by atoms with Crippen LogP contribution in [0.4, 0.5) is 22.0 Å². The fourth-order valence-corrected chi connectivity index (χ4v) is 0.915. The van der Waals surface area contributed by atoms with Crippen molar-refractivity contribution in [2.75, 3.05) is 0 Å². The molecule has 94 valence electrons. The molecule has 0 radical (unpaired) electrons. The lowest BCUT2D eigenvalue weighted by molar-refractivity contribution is -0.144. The van der Waals surface area contributed by atoms with Crippen LogP contribution in [0.3, 0.4) is 0 Å². The molecule has 8 heteroatoms. The summed E-state index contributed by atoms with van der Waals surface area (Å²) in [7, 11) is 0. The Bertz CT molecular complexity index is 445. The van der Waals surface area contributed by atoms with Crippen molar-refractivity contribution in [3.63, 3.8) is 0 Å². The lowest BCUT2D eigenvalue weighted by Gasteiger charge is -2.12. The summed E-state index contributed by atoms with van der Waals surface area (Å²) >= 11 is 0.